The molecule has 6 nitrogen and oxygen atoms in total. The van der Waals surface area contributed by atoms with E-state index >= 15 is 0 Å². The van der Waals surface area contributed by atoms with Crippen LogP contribution < -0.4 is 10.6 Å². The van der Waals surface area contributed by atoms with Crippen LogP contribution in [0.4, 0.5) is 11.8 Å². The lowest BCUT2D eigenvalue weighted by Gasteiger charge is -2.27. The van der Waals surface area contributed by atoms with E-state index in [1.807, 2.05) is 0 Å². The molecule has 0 saturated carbocycles. The minimum absolute atomic E-state index is 0.447. The number of nitrogen functional groups attached to an aromatic ring is 1. The molecule has 17 heavy (non-hydrogen) atoms. The molecule has 0 amide bonds. The van der Waals surface area contributed by atoms with Gasteiger partial charge in [0.15, 0.2) is 0 Å². The summed E-state index contributed by atoms with van der Waals surface area (Å²) in [6.45, 7) is 3.45. The van der Waals surface area contributed by atoms with Gasteiger partial charge in [-0.25, -0.2) is 4.98 Å². The first-order valence-corrected chi connectivity index (χ1v) is 6.43. The summed E-state index contributed by atoms with van der Waals surface area (Å²) in [5.41, 5.74) is 6.72. The van der Waals surface area contributed by atoms with Gasteiger partial charge in [-0.1, -0.05) is 0 Å². The molecule has 0 atom stereocenters. The molecule has 1 aliphatic heterocycles. The molecule has 2 N–H and O–H groups in total. The van der Waals surface area contributed by atoms with Crippen molar-refractivity contribution >= 4 is 34.4 Å². The normalized spacial score (nSPS) is 16.2. The van der Waals surface area contributed by atoms with E-state index in [2.05, 4.69) is 37.5 Å². The maximum absolute atomic E-state index is 5.89. The van der Waals surface area contributed by atoms with Crippen molar-refractivity contribution in [1.29, 1.82) is 0 Å². The zero-order valence-corrected chi connectivity index (χ0v) is 11.8. The Kier molecular flexibility index (Phi) is 4.35. The Labute approximate surface area is 114 Å². The minimum atomic E-state index is 0.447. The number of nitrogens with two attached hydrogens (primary N) is 1. The smallest absolute Gasteiger partial charge is 0.227 e. The number of ether oxygens (including phenoxy) is 2. The second-order valence-corrected chi connectivity index (χ2v) is 4.78. The molecule has 0 unspecified atom stereocenters. The summed E-state index contributed by atoms with van der Waals surface area (Å²) in [6, 6.07) is 0. The second kappa shape index (κ2) is 5.78. The monoisotopic (exact) mass is 350 g/mol. The summed E-state index contributed by atoms with van der Waals surface area (Å²) < 4.78 is 11.3. The Morgan fingerprint density at radius 1 is 1.41 bits per heavy atom. The van der Waals surface area contributed by atoms with E-state index in [0.29, 0.717) is 31.6 Å². The number of hydrogen-bond acceptors (Lipinski definition) is 6. The summed E-state index contributed by atoms with van der Waals surface area (Å²) in [5.74, 6) is 1.17. The van der Waals surface area contributed by atoms with Gasteiger partial charge in [0.25, 0.3) is 0 Å². The van der Waals surface area contributed by atoms with Crippen LogP contribution in [0.25, 0.3) is 0 Å². The topological polar surface area (TPSA) is 73.5 Å². The highest BCUT2D eigenvalue weighted by molar-refractivity contribution is 14.1. The minimum Gasteiger partial charge on any atom is -0.383 e. The predicted molar refractivity (Wildman–Crippen MR) is 72.9 cm³/mol. The summed E-state index contributed by atoms with van der Waals surface area (Å²) in [4.78, 5) is 10.9. The first-order valence-electron chi connectivity index (χ1n) is 5.36. The van der Waals surface area contributed by atoms with Crippen molar-refractivity contribution in [2.75, 3.05) is 44.0 Å². The first kappa shape index (κ1) is 12.8. The number of anilines is 2. The van der Waals surface area contributed by atoms with E-state index < -0.39 is 0 Å². The number of aromatic nitrogens is 2. The van der Waals surface area contributed by atoms with Gasteiger partial charge in [-0.3, -0.25) is 0 Å². The zero-order valence-electron chi connectivity index (χ0n) is 9.65. The summed E-state index contributed by atoms with van der Waals surface area (Å²) in [7, 11) is 1.64. The van der Waals surface area contributed by atoms with Gasteiger partial charge in [0.2, 0.25) is 5.95 Å². The molecule has 1 saturated heterocycles. The van der Waals surface area contributed by atoms with Crippen LogP contribution in [0.3, 0.4) is 0 Å². The maximum atomic E-state index is 5.89. The van der Waals surface area contributed by atoms with E-state index in [9.17, 15) is 0 Å². The SMILES string of the molecule is COCc1nc(N2CCOCC2)nc(N)c1I. The lowest BCUT2D eigenvalue weighted by molar-refractivity contribution is 0.122. The van der Waals surface area contributed by atoms with Gasteiger partial charge in [0.1, 0.15) is 5.82 Å². The van der Waals surface area contributed by atoms with Gasteiger partial charge in [0, 0.05) is 20.2 Å². The van der Waals surface area contributed by atoms with Gasteiger partial charge in [0.05, 0.1) is 29.1 Å². The third-order valence-electron chi connectivity index (χ3n) is 2.51. The number of morpholine rings is 1. The lowest BCUT2D eigenvalue weighted by Crippen LogP contribution is -2.37. The van der Waals surface area contributed by atoms with Gasteiger partial charge >= 0.3 is 0 Å². The first-order chi connectivity index (χ1) is 8.22. The molecule has 0 bridgehead atoms. The van der Waals surface area contributed by atoms with Gasteiger partial charge in [-0.15, -0.1) is 0 Å². The lowest BCUT2D eigenvalue weighted by atomic mass is 10.4. The fourth-order valence-electron chi connectivity index (χ4n) is 1.64. The average molecular weight is 350 g/mol. The zero-order chi connectivity index (χ0) is 12.3. The number of methoxy groups -OCH3 is 1. The molecule has 0 aromatic carbocycles. The molecule has 1 aromatic rings. The highest BCUT2D eigenvalue weighted by Gasteiger charge is 2.17. The molecule has 7 heteroatoms. The van der Waals surface area contributed by atoms with E-state index in [-0.39, 0.29) is 0 Å². The van der Waals surface area contributed by atoms with Crippen molar-refractivity contribution < 1.29 is 9.47 Å². The summed E-state index contributed by atoms with van der Waals surface area (Å²) in [6.07, 6.45) is 0. The highest BCUT2D eigenvalue weighted by Crippen LogP contribution is 2.21. The highest BCUT2D eigenvalue weighted by atomic mass is 127. The molecule has 0 aliphatic carbocycles. The molecule has 1 aromatic heterocycles. The van der Waals surface area contributed by atoms with E-state index in [1.165, 1.54) is 0 Å². The molecule has 0 spiro atoms. The Hall–Kier alpha value is -0.670. The fraction of sp³-hybridized carbons (Fsp3) is 0.600. The van der Waals surface area contributed by atoms with E-state index in [0.717, 1.165) is 22.4 Å². The van der Waals surface area contributed by atoms with Crippen LogP contribution >= 0.6 is 22.6 Å². The summed E-state index contributed by atoms with van der Waals surface area (Å²) >= 11 is 2.14. The fourth-order valence-corrected chi connectivity index (χ4v) is 2.03. The van der Waals surface area contributed by atoms with Crippen LogP contribution in [0, 0.1) is 3.57 Å². The third-order valence-corrected chi connectivity index (χ3v) is 3.68. The van der Waals surface area contributed by atoms with E-state index in [4.69, 9.17) is 15.2 Å². The second-order valence-electron chi connectivity index (χ2n) is 3.70. The predicted octanol–water partition coefficient (Wildman–Crippen LogP) is 0.646. The molecule has 94 valence electrons. The van der Waals surface area contributed by atoms with Crippen LogP contribution in [0.5, 0.6) is 0 Å². The molecule has 2 rings (SSSR count). The van der Waals surface area contributed by atoms with Crippen LogP contribution in [0.15, 0.2) is 0 Å². The van der Waals surface area contributed by atoms with Crippen LogP contribution in [0.2, 0.25) is 0 Å². The van der Waals surface area contributed by atoms with Gasteiger partial charge in [-0.2, -0.15) is 4.98 Å². The molecule has 0 radical (unpaired) electrons. The molecular weight excluding hydrogens is 335 g/mol. The Balaban J connectivity index is 2.27. The van der Waals surface area contributed by atoms with Crippen LogP contribution in [0.1, 0.15) is 5.69 Å². The Morgan fingerprint density at radius 3 is 2.76 bits per heavy atom. The molecule has 1 fully saturated rings. The van der Waals surface area contributed by atoms with Crippen LogP contribution in [-0.4, -0.2) is 43.4 Å². The van der Waals surface area contributed by atoms with E-state index in [1.54, 1.807) is 7.11 Å². The number of halogens is 1. The van der Waals surface area contributed by atoms with Crippen molar-refractivity contribution in [2.45, 2.75) is 6.61 Å². The van der Waals surface area contributed by atoms with Crippen LogP contribution in [-0.2, 0) is 16.1 Å². The number of rotatable bonds is 3. The Morgan fingerprint density at radius 2 is 2.12 bits per heavy atom. The largest absolute Gasteiger partial charge is 0.383 e. The molecule has 1 aliphatic rings. The van der Waals surface area contributed by atoms with Crippen molar-refractivity contribution in [3.63, 3.8) is 0 Å². The maximum Gasteiger partial charge on any atom is 0.227 e. The quantitative estimate of drug-likeness (QED) is 0.807. The van der Waals surface area contributed by atoms with Crippen molar-refractivity contribution in [2.24, 2.45) is 0 Å². The molecular formula is C10H15IN4O2. The number of hydrogen-bond donors (Lipinski definition) is 1. The van der Waals surface area contributed by atoms with Gasteiger partial charge in [-0.05, 0) is 22.6 Å². The van der Waals surface area contributed by atoms with Crippen molar-refractivity contribution in [1.82, 2.24) is 9.97 Å². The molecule has 2 heterocycles. The standard InChI is InChI=1S/C10H15IN4O2/c1-16-6-7-8(11)9(12)14-10(13-7)15-2-4-17-5-3-15/h2-6H2,1H3,(H2,12,13,14). The Bertz CT molecular complexity index is 396. The van der Waals surface area contributed by atoms with Crippen molar-refractivity contribution in [3.05, 3.63) is 9.26 Å². The number of nitrogens with zero attached hydrogens (tertiary/aromatic N) is 3. The average Bonchev–Trinajstić information content (AvgIpc) is 2.36. The van der Waals surface area contributed by atoms with Gasteiger partial charge < -0.3 is 20.1 Å². The third kappa shape index (κ3) is 2.96. The van der Waals surface area contributed by atoms with Crippen molar-refractivity contribution in [3.8, 4) is 0 Å². The summed E-state index contributed by atoms with van der Waals surface area (Å²) in [5, 5.41) is 0.